The summed E-state index contributed by atoms with van der Waals surface area (Å²) in [6.07, 6.45) is 3.36. The molecule has 10 nitrogen and oxygen atoms in total. The van der Waals surface area contributed by atoms with Crippen LogP contribution in [0.15, 0.2) is 73.8 Å². The maximum Gasteiger partial charge on any atom is 0.313 e. The van der Waals surface area contributed by atoms with Crippen LogP contribution in [-0.2, 0) is 28.7 Å². The van der Waals surface area contributed by atoms with E-state index in [1.54, 1.807) is 43.2 Å². The molecular weight excluding hydrogens is 646 g/mol. The number of aliphatic hydroxyl groups excluding tert-OH is 1. The molecule has 0 aromatic heterocycles. The lowest BCUT2D eigenvalue weighted by atomic mass is 9.70. The first-order chi connectivity index (χ1) is 23.4. The van der Waals surface area contributed by atoms with Crippen molar-refractivity contribution in [3.05, 3.63) is 90.0 Å². The number of hydrogen-bond acceptors (Lipinski definition) is 7. The average molecular weight is 692 g/mol. The molecule has 0 radical (unpaired) electrons. The van der Waals surface area contributed by atoms with Crippen LogP contribution in [0, 0.1) is 18.8 Å². The molecule has 5 rings (SSSR count). The Kier molecular flexibility index (Phi) is 11.0. The van der Waals surface area contributed by atoms with Gasteiger partial charge in [0, 0.05) is 20.0 Å². The Morgan fingerprint density at radius 1 is 1.14 bits per heavy atom. The molecule has 2 bridgehead atoms. The molecule has 3 aliphatic rings. The van der Waals surface area contributed by atoms with Gasteiger partial charge in [0.25, 0.3) is 5.91 Å². The second kappa shape index (κ2) is 14.9. The Labute approximate surface area is 293 Å². The number of likely N-dealkylation sites (tertiary alicyclic amines) is 1. The maximum absolute atomic E-state index is 14.8. The van der Waals surface area contributed by atoms with Crippen LogP contribution in [0.4, 0.5) is 5.69 Å². The van der Waals surface area contributed by atoms with E-state index in [4.69, 9.17) is 21.1 Å². The smallest absolute Gasteiger partial charge is 0.313 e. The summed E-state index contributed by atoms with van der Waals surface area (Å²) in [5, 5.41) is 10.7. The van der Waals surface area contributed by atoms with E-state index in [9.17, 15) is 24.3 Å². The average Bonchev–Trinajstić information content (AvgIpc) is 3.75. The molecule has 1 spiro atoms. The minimum absolute atomic E-state index is 0.112. The predicted molar refractivity (Wildman–Crippen MR) is 187 cm³/mol. The summed E-state index contributed by atoms with van der Waals surface area (Å²) in [4.78, 5) is 61.1. The van der Waals surface area contributed by atoms with Crippen LogP contribution < -0.4 is 4.90 Å². The Balaban J connectivity index is 1.51. The Bertz CT molecular complexity index is 1580. The zero-order valence-corrected chi connectivity index (χ0v) is 29.3. The van der Waals surface area contributed by atoms with Gasteiger partial charge in [-0.25, -0.2) is 0 Å². The van der Waals surface area contributed by atoms with Crippen LogP contribution in [-0.4, -0.2) is 88.6 Å². The number of para-hydroxylation sites is 1. The zero-order valence-electron chi connectivity index (χ0n) is 28.6. The van der Waals surface area contributed by atoms with Gasteiger partial charge in [0.05, 0.1) is 47.3 Å². The Hall–Kier alpha value is -3.99. The van der Waals surface area contributed by atoms with E-state index in [-0.39, 0.29) is 18.9 Å². The quantitative estimate of drug-likeness (QED) is 0.219. The van der Waals surface area contributed by atoms with Gasteiger partial charge in [-0.3, -0.25) is 19.2 Å². The highest BCUT2D eigenvalue weighted by atomic mass is 35.5. The van der Waals surface area contributed by atoms with Crippen LogP contribution in [0.5, 0.6) is 0 Å². The molecule has 3 saturated heterocycles. The largest absolute Gasteiger partial charge is 0.455 e. The number of ether oxygens (including phenoxy) is 2. The minimum Gasteiger partial charge on any atom is -0.455 e. The number of aliphatic hydroxyl groups is 1. The second-order valence-electron chi connectivity index (χ2n) is 13.3. The van der Waals surface area contributed by atoms with Crippen LogP contribution in [0.2, 0.25) is 5.02 Å². The fraction of sp³-hybridized carbons (Fsp3) is 0.474. The molecule has 11 heteroatoms. The van der Waals surface area contributed by atoms with Crippen LogP contribution in [0.25, 0.3) is 0 Å². The van der Waals surface area contributed by atoms with E-state index >= 15 is 0 Å². The summed E-state index contributed by atoms with van der Waals surface area (Å²) in [5.74, 6) is -3.64. The summed E-state index contributed by atoms with van der Waals surface area (Å²) in [6.45, 7) is 12.6. The van der Waals surface area contributed by atoms with Crippen molar-refractivity contribution in [2.24, 2.45) is 11.8 Å². The number of allylic oxidation sites excluding steroid dienone is 1. The summed E-state index contributed by atoms with van der Waals surface area (Å²) >= 11 is 6.64. The van der Waals surface area contributed by atoms with Crippen molar-refractivity contribution in [2.75, 3.05) is 25.1 Å². The van der Waals surface area contributed by atoms with Gasteiger partial charge in [-0.1, -0.05) is 66.2 Å². The van der Waals surface area contributed by atoms with Gasteiger partial charge in [0.1, 0.15) is 17.7 Å². The number of fused-ring (bicyclic) bond motifs is 1. The number of aryl methyl sites for hydroxylation is 1. The molecule has 1 N–H and O–H groups in total. The highest BCUT2D eigenvalue weighted by Crippen LogP contribution is 2.59. The van der Waals surface area contributed by atoms with Gasteiger partial charge in [-0.2, -0.15) is 0 Å². The Morgan fingerprint density at radius 2 is 1.86 bits per heavy atom. The molecule has 2 aromatic carbocycles. The molecule has 3 aliphatic heterocycles. The topological polar surface area (TPSA) is 117 Å². The van der Waals surface area contributed by atoms with Crippen molar-refractivity contribution in [3.8, 4) is 0 Å². The molecule has 0 unspecified atom stereocenters. The standard InChI is InChI=1S/C38H46ClN3O7/c1-7-9-18-29(44)40(6)25(5)33(26-15-11-10-12-16-26)48-37(47)30-28-19-20-38(49-28)31(30)35(45)42(24(4)22-43)34(38)36(46)41(21-8-2)32-23(3)14-13-17-27(32)39/h7-8,10-17,24-25,28,30-31,33-34,43H,1-2,9,18-22H2,3-6H3/t24-,25+,28-,30+,31+,33-,34-,38+/m1/s1. The van der Waals surface area contributed by atoms with Crippen molar-refractivity contribution < 1.29 is 33.8 Å². The highest BCUT2D eigenvalue weighted by molar-refractivity contribution is 6.34. The third-order valence-corrected chi connectivity index (χ3v) is 10.7. The number of hydrogen-bond donors (Lipinski definition) is 1. The number of halogens is 1. The van der Waals surface area contributed by atoms with Gasteiger partial charge in [0.2, 0.25) is 11.8 Å². The number of esters is 1. The molecule has 0 saturated carbocycles. The fourth-order valence-electron chi connectivity index (χ4n) is 7.86. The molecule has 0 aliphatic carbocycles. The first kappa shape index (κ1) is 36.3. The van der Waals surface area contributed by atoms with Crippen LogP contribution in [0.3, 0.4) is 0 Å². The maximum atomic E-state index is 14.8. The third-order valence-electron chi connectivity index (χ3n) is 10.4. The van der Waals surface area contributed by atoms with E-state index in [0.717, 1.165) is 5.56 Å². The van der Waals surface area contributed by atoms with Gasteiger partial charge >= 0.3 is 5.97 Å². The number of benzene rings is 2. The number of amides is 3. The number of carbonyl (C=O) groups excluding carboxylic acids is 4. The number of carbonyl (C=O) groups is 4. The lowest BCUT2D eigenvalue weighted by Crippen LogP contribution is -2.58. The monoisotopic (exact) mass is 691 g/mol. The molecule has 8 atom stereocenters. The number of anilines is 1. The number of likely N-dealkylation sites (N-methyl/N-ethyl adjacent to an activating group) is 1. The van der Waals surface area contributed by atoms with Crippen molar-refractivity contribution in [1.29, 1.82) is 0 Å². The normalized spacial score (nSPS) is 25.7. The van der Waals surface area contributed by atoms with Gasteiger partial charge in [-0.05, 0) is 57.2 Å². The lowest BCUT2D eigenvalue weighted by molar-refractivity contribution is -0.165. The van der Waals surface area contributed by atoms with Gasteiger partial charge in [0.15, 0.2) is 0 Å². The molecular formula is C38H46ClN3O7. The second-order valence-corrected chi connectivity index (χ2v) is 13.7. The minimum atomic E-state index is -1.33. The van der Waals surface area contributed by atoms with Gasteiger partial charge in [-0.15, -0.1) is 13.2 Å². The lowest BCUT2D eigenvalue weighted by Gasteiger charge is -2.39. The van der Waals surface area contributed by atoms with E-state index < -0.39 is 72.2 Å². The number of nitrogens with zero attached hydrogens (tertiary/aromatic N) is 3. The van der Waals surface area contributed by atoms with E-state index in [1.165, 1.54) is 9.80 Å². The molecule has 49 heavy (non-hydrogen) atoms. The fourth-order valence-corrected chi connectivity index (χ4v) is 8.18. The van der Waals surface area contributed by atoms with Crippen molar-refractivity contribution in [1.82, 2.24) is 9.80 Å². The molecule has 3 fully saturated rings. The zero-order chi connectivity index (χ0) is 35.6. The molecule has 2 aromatic rings. The summed E-state index contributed by atoms with van der Waals surface area (Å²) in [7, 11) is 1.68. The molecule has 3 heterocycles. The summed E-state index contributed by atoms with van der Waals surface area (Å²) in [6, 6.07) is 12.1. The van der Waals surface area contributed by atoms with Crippen LogP contribution in [0.1, 0.15) is 56.8 Å². The Morgan fingerprint density at radius 3 is 2.49 bits per heavy atom. The third kappa shape index (κ3) is 6.42. The van der Waals surface area contributed by atoms with Gasteiger partial charge < -0.3 is 29.3 Å². The van der Waals surface area contributed by atoms with E-state index in [2.05, 4.69) is 13.2 Å². The van der Waals surface area contributed by atoms with E-state index in [1.807, 2.05) is 50.2 Å². The SMILES string of the molecule is C=CCCC(=O)N(C)[C@@H](C)[C@@H](OC(=O)[C@@H]1[C@H]2C(=O)N([C@H](C)CO)[C@H](C(=O)N(CC=C)c3c(C)cccc3Cl)[C@]23CC[C@H]1O3)c1ccccc1. The first-order valence-electron chi connectivity index (χ1n) is 16.8. The molecule has 3 amide bonds. The van der Waals surface area contributed by atoms with Crippen molar-refractivity contribution in [2.45, 2.75) is 82.4 Å². The van der Waals surface area contributed by atoms with Crippen molar-refractivity contribution >= 4 is 41.0 Å². The molecule has 262 valence electrons. The van der Waals surface area contributed by atoms with Crippen molar-refractivity contribution in [3.63, 3.8) is 0 Å². The van der Waals surface area contributed by atoms with Crippen LogP contribution >= 0.6 is 11.6 Å². The summed E-state index contributed by atoms with van der Waals surface area (Å²) in [5.41, 5.74) is 0.621. The first-order valence-corrected chi connectivity index (χ1v) is 17.2. The highest BCUT2D eigenvalue weighted by Gasteiger charge is 2.75. The predicted octanol–water partition coefficient (Wildman–Crippen LogP) is 5.02. The van der Waals surface area contributed by atoms with E-state index in [0.29, 0.717) is 35.5 Å². The summed E-state index contributed by atoms with van der Waals surface area (Å²) < 4.78 is 12.9. The number of rotatable bonds is 14.